The zero-order valence-electron chi connectivity index (χ0n) is 13.0. The normalized spacial score (nSPS) is 9.28. The maximum absolute atomic E-state index is 11.8. The number of aromatic hydroxyl groups is 2. The van der Waals surface area contributed by atoms with Crippen LogP contribution in [0.1, 0.15) is 27.1 Å². The summed E-state index contributed by atoms with van der Waals surface area (Å²) in [6.45, 7) is 0.708. The van der Waals surface area contributed by atoms with Crippen LogP contribution >= 0.6 is 24.8 Å². The molecular formula is C15H18Cl2N4O4. The molecule has 0 unspecified atom stereocenters. The molecule has 136 valence electrons. The van der Waals surface area contributed by atoms with E-state index in [1.54, 1.807) is 0 Å². The molecule has 2 aromatic rings. The second kappa shape index (κ2) is 11.1. The highest BCUT2D eigenvalue weighted by molar-refractivity contribution is 5.94. The van der Waals surface area contributed by atoms with Gasteiger partial charge in [0.1, 0.15) is 11.5 Å². The van der Waals surface area contributed by atoms with Gasteiger partial charge in [-0.2, -0.15) is 0 Å². The van der Waals surface area contributed by atoms with E-state index < -0.39 is 0 Å². The molecular weight excluding hydrogens is 371 g/mol. The molecule has 0 aliphatic heterocycles. The van der Waals surface area contributed by atoms with Gasteiger partial charge in [-0.3, -0.25) is 19.6 Å². The smallest absolute Gasteiger partial charge is 0.252 e. The number of rotatable bonds is 6. The van der Waals surface area contributed by atoms with Crippen molar-refractivity contribution in [2.24, 2.45) is 0 Å². The Morgan fingerprint density at radius 3 is 1.56 bits per heavy atom. The van der Waals surface area contributed by atoms with Crippen molar-refractivity contribution < 1.29 is 19.8 Å². The van der Waals surface area contributed by atoms with E-state index in [4.69, 9.17) is 0 Å². The molecule has 0 atom stereocenters. The van der Waals surface area contributed by atoms with Crippen molar-refractivity contribution in [3.63, 3.8) is 0 Å². The molecule has 0 saturated heterocycles. The SMILES string of the molecule is Cl.Cl.O=C(NCCCNC(=O)c1cncc(O)c1)c1cncc(O)c1. The summed E-state index contributed by atoms with van der Waals surface area (Å²) in [5, 5.41) is 23.8. The van der Waals surface area contributed by atoms with E-state index >= 15 is 0 Å². The lowest BCUT2D eigenvalue weighted by atomic mass is 10.2. The number of nitrogens with one attached hydrogen (secondary N) is 2. The average molecular weight is 389 g/mol. The maximum Gasteiger partial charge on any atom is 0.252 e. The van der Waals surface area contributed by atoms with E-state index in [0.717, 1.165) is 0 Å². The standard InChI is InChI=1S/C15H16N4O4.2ClH/c20-12-4-10(6-16-8-12)14(22)18-2-1-3-19-15(23)11-5-13(21)9-17-7-11;;/h4-9,20-21H,1-3H2,(H,18,22)(H,19,23);2*1H. The van der Waals surface area contributed by atoms with Gasteiger partial charge in [-0.25, -0.2) is 0 Å². The Bertz CT molecular complexity index is 656. The molecule has 10 heteroatoms. The molecule has 4 N–H and O–H groups in total. The molecule has 0 aromatic carbocycles. The quantitative estimate of drug-likeness (QED) is 0.552. The van der Waals surface area contributed by atoms with E-state index in [1.807, 2.05) is 0 Å². The van der Waals surface area contributed by atoms with Gasteiger partial charge in [0.05, 0.1) is 23.5 Å². The molecule has 25 heavy (non-hydrogen) atoms. The first-order valence-corrected chi connectivity index (χ1v) is 6.90. The van der Waals surface area contributed by atoms with Crippen LogP contribution in [0.25, 0.3) is 0 Å². The van der Waals surface area contributed by atoms with Crippen molar-refractivity contribution in [2.75, 3.05) is 13.1 Å². The number of hydrogen-bond donors (Lipinski definition) is 4. The lowest BCUT2D eigenvalue weighted by molar-refractivity contribution is 0.0951. The van der Waals surface area contributed by atoms with Gasteiger partial charge < -0.3 is 20.8 Å². The van der Waals surface area contributed by atoms with Gasteiger partial charge in [-0.15, -0.1) is 24.8 Å². The van der Waals surface area contributed by atoms with Crippen LogP contribution in [0, 0.1) is 0 Å². The summed E-state index contributed by atoms with van der Waals surface area (Å²) in [5.74, 6) is -0.858. The van der Waals surface area contributed by atoms with Crippen molar-refractivity contribution in [1.29, 1.82) is 0 Å². The molecule has 0 saturated carbocycles. The molecule has 2 aromatic heterocycles. The second-order valence-electron chi connectivity index (χ2n) is 4.73. The number of aromatic nitrogens is 2. The first-order chi connectivity index (χ1) is 11.1. The fourth-order valence-electron chi connectivity index (χ4n) is 1.80. The second-order valence-corrected chi connectivity index (χ2v) is 4.73. The molecule has 2 heterocycles. The molecule has 8 nitrogen and oxygen atoms in total. The maximum atomic E-state index is 11.8. The molecule has 0 aliphatic carbocycles. The highest BCUT2D eigenvalue weighted by Gasteiger charge is 2.07. The number of nitrogens with zero attached hydrogens (tertiary/aromatic N) is 2. The lowest BCUT2D eigenvalue weighted by Crippen LogP contribution is -2.30. The van der Waals surface area contributed by atoms with Crippen molar-refractivity contribution in [3.05, 3.63) is 48.0 Å². The van der Waals surface area contributed by atoms with E-state index in [-0.39, 0.29) is 59.3 Å². The summed E-state index contributed by atoms with van der Waals surface area (Å²) in [6, 6.07) is 2.64. The molecule has 2 rings (SSSR count). The topological polar surface area (TPSA) is 124 Å². The Labute approximate surface area is 156 Å². The van der Waals surface area contributed by atoms with Crippen LogP contribution in [-0.2, 0) is 0 Å². The number of carbonyl (C=O) groups excluding carboxylic acids is 2. The summed E-state index contributed by atoms with van der Waals surface area (Å²) in [6.07, 6.45) is 5.71. The van der Waals surface area contributed by atoms with Gasteiger partial charge in [0.15, 0.2) is 0 Å². The third kappa shape index (κ3) is 7.23. The first-order valence-electron chi connectivity index (χ1n) is 6.90. The minimum atomic E-state index is -0.350. The van der Waals surface area contributed by atoms with E-state index in [9.17, 15) is 19.8 Å². The molecule has 0 bridgehead atoms. The predicted molar refractivity (Wildman–Crippen MR) is 95.6 cm³/mol. The highest BCUT2D eigenvalue weighted by Crippen LogP contribution is 2.08. The third-order valence-electron chi connectivity index (χ3n) is 2.90. The Balaban J connectivity index is 0.00000288. The van der Waals surface area contributed by atoms with Crippen LogP contribution in [0.5, 0.6) is 11.5 Å². The van der Waals surface area contributed by atoms with Crippen LogP contribution in [0.2, 0.25) is 0 Å². The van der Waals surface area contributed by atoms with E-state index in [1.165, 1.54) is 36.9 Å². The van der Waals surface area contributed by atoms with E-state index in [2.05, 4.69) is 20.6 Å². The molecule has 0 fully saturated rings. The summed E-state index contributed by atoms with van der Waals surface area (Å²) in [5.41, 5.74) is 0.528. The molecule has 0 aliphatic rings. The molecule has 0 spiro atoms. The highest BCUT2D eigenvalue weighted by atomic mass is 35.5. The van der Waals surface area contributed by atoms with Crippen LogP contribution in [0.3, 0.4) is 0 Å². The van der Waals surface area contributed by atoms with Crippen LogP contribution in [0.4, 0.5) is 0 Å². The van der Waals surface area contributed by atoms with Crippen LogP contribution in [-0.4, -0.2) is 45.1 Å². The monoisotopic (exact) mass is 388 g/mol. The number of amides is 2. The van der Waals surface area contributed by atoms with Gasteiger partial charge in [0, 0.05) is 25.5 Å². The molecule has 0 radical (unpaired) electrons. The molecule has 2 amide bonds. The fourth-order valence-corrected chi connectivity index (χ4v) is 1.80. The van der Waals surface area contributed by atoms with Crippen molar-refractivity contribution in [2.45, 2.75) is 6.42 Å². The minimum Gasteiger partial charge on any atom is -0.506 e. The largest absolute Gasteiger partial charge is 0.506 e. The van der Waals surface area contributed by atoms with Crippen molar-refractivity contribution in [1.82, 2.24) is 20.6 Å². The van der Waals surface area contributed by atoms with Crippen molar-refractivity contribution >= 4 is 36.6 Å². The van der Waals surface area contributed by atoms with E-state index in [0.29, 0.717) is 19.5 Å². The number of halogens is 2. The minimum absolute atomic E-state index is 0. The van der Waals surface area contributed by atoms with Gasteiger partial charge in [-0.05, 0) is 18.6 Å². The first kappa shape index (κ1) is 22.4. The zero-order valence-corrected chi connectivity index (χ0v) is 14.6. The van der Waals surface area contributed by atoms with Crippen molar-refractivity contribution in [3.8, 4) is 11.5 Å². The predicted octanol–water partition coefficient (Wildman–Crippen LogP) is 1.28. The summed E-state index contributed by atoms with van der Waals surface area (Å²) >= 11 is 0. The number of carbonyl (C=O) groups is 2. The summed E-state index contributed by atoms with van der Waals surface area (Å²) in [7, 11) is 0. The average Bonchev–Trinajstić information content (AvgIpc) is 2.54. The van der Waals surface area contributed by atoms with Gasteiger partial charge in [-0.1, -0.05) is 0 Å². The third-order valence-corrected chi connectivity index (χ3v) is 2.90. The zero-order chi connectivity index (χ0) is 16.7. The van der Waals surface area contributed by atoms with Crippen LogP contribution < -0.4 is 10.6 Å². The lowest BCUT2D eigenvalue weighted by Gasteiger charge is -2.07. The van der Waals surface area contributed by atoms with Gasteiger partial charge in [0.25, 0.3) is 11.8 Å². The fraction of sp³-hybridized carbons (Fsp3) is 0.200. The van der Waals surface area contributed by atoms with Gasteiger partial charge >= 0.3 is 0 Å². The number of pyridine rings is 2. The summed E-state index contributed by atoms with van der Waals surface area (Å²) < 4.78 is 0. The number of hydrogen-bond acceptors (Lipinski definition) is 6. The Hall–Kier alpha value is -2.58. The van der Waals surface area contributed by atoms with Gasteiger partial charge in [0.2, 0.25) is 0 Å². The van der Waals surface area contributed by atoms with Crippen LogP contribution in [0.15, 0.2) is 36.9 Å². The Kier molecular flexibility index (Phi) is 9.92. The summed E-state index contributed by atoms with van der Waals surface area (Å²) in [4.78, 5) is 31.0. The Morgan fingerprint density at radius 2 is 1.20 bits per heavy atom. The Morgan fingerprint density at radius 1 is 0.800 bits per heavy atom.